The predicted molar refractivity (Wildman–Crippen MR) is 78.4 cm³/mol. The van der Waals surface area contributed by atoms with Gasteiger partial charge in [-0.3, -0.25) is 0 Å². The van der Waals surface area contributed by atoms with Crippen molar-refractivity contribution in [1.29, 1.82) is 0 Å². The van der Waals surface area contributed by atoms with Crippen molar-refractivity contribution in [3.05, 3.63) is 54.6 Å². The molecule has 0 bridgehead atoms. The summed E-state index contributed by atoms with van der Waals surface area (Å²) < 4.78 is 6.08. The molecule has 2 heteroatoms. The third-order valence-corrected chi connectivity index (χ3v) is 3.53. The van der Waals surface area contributed by atoms with E-state index in [-0.39, 0.29) is 0 Å². The number of benzene rings is 2. The molecule has 1 N–H and O–H groups in total. The van der Waals surface area contributed by atoms with Gasteiger partial charge in [0.15, 0.2) is 0 Å². The van der Waals surface area contributed by atoms with Gasteiger partial charge in [-0.2, -0.15) is 0 Å². The van der Waals surface area contributed by atoms with Gasteiger partial charge in [0.25, 0.3) is 0 Å². The second-order valence-electron chi connectivity index (χ2n) is 4.96. The fourth-order valence-corrected chi connectivity index (χ4v) is 2.49. The first-order valence-corrected chi connectivity index (χ1v) is 6.95. The van der Waals surface area contributed by atoms with Crippen LogP contribution in [-0.4, -0.2) is 19.2 Å². The number of hydrogen-bond acceptors (Lipinski definition) is 2. The molecule has 0 radical (unpaired) electrons. The molecule has 2 aromatic rings. The number of nitrogens with one attached hydrogen (secondary N) is 1. The van der Waals surface area contributed by atoms with Crippen LogP contribution in [-0.2, 0) is 0 Å². The first kappa shape index (κ1) is 12.2. The summed E-state index contributed by atoms with van der Waals surface area (Å²) in [6, 6.07) is 18.8. The van der Waals surface area contributed by atoms with E-state index in [1.54, 1.807) is 0 Å². The van der Waals surface area contributed by atoms with Crippen molar-refractivity contribution in [3.63, 3.8) is 0 Å². The molecule has 0 unspecified atom stereocenters. The van der Waals surface area contributed by atoms with Crippen LogP contribution in [0.25, 0.3) is 11.1 Å². The van der Waals surface area contributed by atoms with Crippen LogP contribution in [0.1, 0.15) is 12.8 Å². The Balaban J connectivity index is 1.76. The highest BCUT2D eigenvalue weighted by molar-refractivity contribution is 5.64. The number of ether oxygens (including phenoxy) is 1. The highest BCUT2D eigenvalue weighted by Gasteiger charge is 2.14. The van der Waals surface area contributed by atoms with E-state index in [1.807, 2.05) is 6.07 Å². The van der Waals surface area contributed by atoms with E-state index in [9.17, 15) is 0 Å². The molecule has 98 valence electrons. The van der Waals surface area contributed by atoms with Crippen LogP contribution in [0.4, 0.5) is 0 Å². The molecule has 1 aliphatic heterocycles. The Kier molecular flexibility index (Phi) is 3.80. The fraction of sp³-hybridized carbons (Fsp3) is 0.294. The first-order chi connectivity index (χ1) is 9.42. The standard InChI is InChI=1S/C17H19NO/c1-2-5-14(6-3-1)15-7-4-8-17(13-15)19-16-9-11-18-12-10-16/h1-8,13,16,18H,9-12H2. The molecule has 1 saturated heterocycles. The molecule has 19 heavy (non-hydrogen) atoms. The summed E-state index contributed by atoms with van der Waals surface area (Å²) in [5, 5.41) is 3.36. The molecule has 2 nitrogen and oxygen atoms in total. The molecule has 0 aliphatic carbocycles. The highest BCUT2D eigenvalue weighted by atomic mass is 16.5. The molecular weight excluding hydrogens is 234 g/mol. The maximum Gasteiger partial charge on any atom is 0.120 e. The van der Waals surface area contributed by atoms with Crippen LogP contribution in [0.3, 0.4) is 0 Å². The van der Waals surface area contributed by atoms with E-state index in [0.29, 0.717) is 6.10 Å². The zero-order chi connectivity index (χ0) is 12.9. The molecule has 1 fully saturated rings. The van der Waals surface area contributed by atoms with Gasteiger partial charge in [0.1, 0.15) is 11.9 Å². The highest BCUT2D eigenvalue weighted by Crippen LogP contribution is 2.25. The zero-order valence-corrected chi connectivity index (χ0v) is 11.0. The fourth-order valence-electron chi connectivity index (χ4n) is 2.49. The predicted octanol–water partition coefficient (Wildman–Crippen LogP) is 3.48. The monoisotopic (exact) mass is 253 g/mol. The maximum absolute atomic E-state index is 6.08. The lowest BCUT2D eigenvalue weighted by Gasteiger charge is -2.24. The first-order valence-electron chi connectivity index (χ1n) is 6.95. The largest absolute Gasteiger partial charge is 0.490 e. The average molecular weight is 253 g/mol. The quantitative estimate of drug-likeness (QED) is 0.904. The van der Waals surface area contributed by atoms with Gasteiger partial charge < -0.3 is 10.1 Å². The molecule has 0 atom stereocenters. The van der Waals surface area contributed by atoms with Gasteiger partial charge in [-0.05, 0) is 49.2 Å². The minimum Gasteiger partial charge on any atom is -0.490 e. The second kappa shape index (κ2) is 5.89. The van der Waals surface area contributed by atoms with Crippen LogP contribution in [0.15, 0.2) is 54.6 Å². The van der Waals surface area contributed by atoms with Crippen molar-refractivity contribution in [3.8, 4) is 16.9 Å². The van der Waals surface area contributed by atoms with E-state index in [1.165, 1.54) is 11.1 Å². The third kappa shape index (κ3) is 3.15. The van der Waals surface area contributed by atoms with Crippen LogP contribution in [0, 0.1) is 0 Å². The van der Waals surface area contributed by atoms with E-state index < -0.39 is 0 Å². The van der Waals surface area contributed by atoms with Gasteiger partial charge in [-0.1, -0.05) is 42.5 Å². The number of hydrogen-bond donors (Lipinski definition) is 1. The Hall–Kier alpha value is -1.80. The Morgan fingerprint density at radius 2 is 1.58 bits per heavy atom. The summed E-state index contributed by atoms with van der Waals surface area (Å²) in [6.07, 6.45) is 2.54. The van der Waals surface area contributed by atoms with Crippen LogP contribution in [0.5, 0.6) is 5.75 Å². The van der Waals surface area contributed by atoms with Gasteiger partial charge in [0, 0.05) is 0 Å². The summed E-state index contributed by atoms with van der Waals surface area (Å²) in [4.78, 5) is 0. The molecule has 3 rings (SSSR count). The van der Waals surface area contributed by atoms with E-state index >= 15 is 0 Å². The summed E-state index contributed by atoms with van der Waals surface area (Å²) in [5.74, 6) is 0.980. The molecule has 1 aliphatic rings. The van der Waals surface area contributed by atoms with Gasteiger partial charge in [-0.15, -0.1) is 0 Å². The number of piperidine rings is 1. The zero-order valence-electron chi connectivity index (χ0n) is 11.0. The Bertz CT molecular complexity index is 518. The van der Waals surface area contributed by atoms with Crippen LogP contribution < -0.4 is 10.1 Å². The maximum atomic E-state index is 6.08. The molecule has 0 aromatic heterocycles. The lowest BCUT2D eigenvalue weighted by Crippen LogP contribution is -2.34. The third-order valence-electron chi connectivity index (χ3n) is 3.53. The lowest BCUT2D eigenvalue weighted by atomic mass is 10.1. The van der Waals surface area contributed by atoms with E-state index in [4.69, 9.17) is 4.74 Å². The smallest absolute Gasteiger partial charge is 0.120 e. The summed E-state index contributed by atoms with van der Waals surface area (Å²) in [5.41, 5.74) is 2.45. The van der Waals surface area contributed by atoms with Crippen molar-refractivity contribution in [2.24, 2.45) is 0 Å². The molecule has 2 aromatic carbocycles. The van der Waals surface area contributed by atoms with E-state index in [0.717, 1.165) is 31.7 Å². The van der Waals surface area contributed by atoms with Gasteiger partial charge >= 0.3 is 0 Å². The Labute approximate surface area is 114 Å². The summed E-state index contributed by atoms with van der Waals surface area (Å²) in [6.45, 7) is 2.12. The van der Waals surface area contributed by atoms with Gasteiger partial charge in [0.2, 0.25) is 0 Å². The van der Waals surface area contributed by atoms with Gasteiger partial charge in [-0.25, -0.2) is 0 Å². The van der Waals surface area contributed by atoms with E-state index in [2.05, 4.69) is 53.8 Å². The average Bonchev–Trinajstić information content (AvgIpc) is 2.49. The van der Waals surface area contributed by atoms with Crippen molar-refractivity contribution in [2.75, 3.05) is 13.1 Å². The SMILES string of the molecule is c1ccc(-c2cccc(OC3CCNCC3)c2)cc1. The molecular formula is C17H19NO. The molecule has 0 amide bonds. The minimum atomic E-state index is 0.354. The topological polar surface area (TPSA) is 21.3 Å². The lowest BCUT2D eigenvalue weighted by molar-refractivity contribution is 0.162. The van der Waals surface area contributed by atoms with Crippen LogP contribution >= 0.6 is 0 Å². The van der Waals surface area contributed by atoms with Gasteiger partial charge in [0.05, 0.1) is 0 Å². The number of rotatable bonds is 3. The van der Waals surface area contributed by atoms with Crippen molar-refractivity contribution < 1.29 is 4.74 Å². The molecule has 1 heterocycles. The molecule has 0 saturated carbocycles. The molecule has 0 spiro atoms. The summed E-state index contributed by atoms with van der Waals surface area (Å²) in [7, 11) is 0. The summed E-state index contributed by atoms with van der Waals surface area (Å²) >= 11 is 0. The second-order valence-corrected chi connectivity index (χ2v) is 4.96. The van der Waals surface area contributed by atoms with Crippen molar-refractivity contribution in [2.45, 2.75) is 18.9 Å². The van der Waals surface area contributed by atoms with Crippen LogP contribution in [0.2, 0.25) is 0 Å². The Morgan fingerprint density at radius 1 is 0.842 bits per heavy atom. The van der Waals surface area contributed by atoms with Crippen molar-refractivity contribution in [1.82, 2.24) is 5.32 Å². The minimum absolute atomic E-state index is 0.354. The van der Waals surface area contributed by atoms with Crippen molar-refractivity contribution >= 4 is 0 Å². The normalized spacial score (nSPS) is 16.2. The Morgan fingerprint density at radius 3 is 2.37 bits per heavy atom.